The first-order chi connectivity index (χ1) is 7.09. The number of amidine groups is 1. The Morgan fingerprint density at radius 3 is 2.87 bits per heavy atom. The number of aliphatic hydroxyl groups is 1. The lowest BCUT2D eigenvalue weighted by molar-refractivity contribution is 0.0287. The fourth-order valence-electron chi connectivity index (χ4n) is 1.97. The lowest BCUT2D eigenvalue weighted by Gasteiger charge is -2.34. The predicted molar refractivity (Wildman–Crippen MR) is 62.0 cm³/mol. The van der Waals surface area contributed by atoms with Gasteiger partial charge >= 0.3 is 0 Å². The first-order valence-corrected chi connectivity index (χ1v) is 5.83. The Morgan fingerprint density at radius 1 is 1.53 bits per heavy atom. The average Bonchev–Trinajstić information content (AvgIpc) is 2.18. The molecule has 0 aromatic heterocycles. The van der Waals surface area contributed by atoms with Crippen LogP contribution in [0.2, 0.25) is 0 Å². The molecule has 4 heteroatoms. The van der Waals surface area contributed by atoms with Crippen LogP contribution in [0.15, 0.2) is 0 Å². The van der Waals surface area contributed by atoms with E-state index in [9.17, 15) is 5.11 Å². The van der Waals surface area contributed by atoms with Gasteiger partial charge in [-0.15, -0.1) is 0 Å². The van der Waals surface area contributed by atoms with Crippen LogP contribution in [0.4, 0.5) is 0 Å². The normalized spacial score (nSPS) is 27.9. The number of likely N-dealkylation sites (tertiary alicyclic amines) is 1. The summed E-state index contributed by atoms with van der Waals surface area (Å²) in [7, 11) is 0. The van der Waals surface area contributed by atoms with E-state index in [-0.39, 0.29) is 11.9 Å². The molecule has 1 fully saturated rings. The number of piperidine rings is 1. The molecule has 0 radical (unpaired) electrons. The molecule has 1 aliphatic rings. The van der Waals surface area contributed by atoms with Gasteiger partial charge in [0.1, 0.15) is 0 Å². The Bertz CT molecular complexity index is 208. The zero-order valence-electron chi connectivity index (χ0n) is 9.58. The molecular weight excluding hydrogens is 190 g/mol. The molecule has 1 rings (SSSR count). The summed E-state index contributed by atoms with van der Waals surface area (Å²) in [5, 5.41) is 16.8. The van der Waals surface area contributed by atoms with Crippen LogP contribution in [-0.2, 0) is 0 Å². The number of hydrogen-bond acceptors (Lipinski definition) is 3. The molecule has 0 spiro atoms. The van der Waals surface area contributed by atoms with E-state index in [0.717, 1.165) is 38.9 Å². The highest BCUT2D eigenvalue weighted by Gasteiger charge is 2.23. The van der Waals surface area contributed by atoms with Crippen LogP contribution in [0.3, 0.4) is 0 Å². The molecule has 0 bridgehead atoms. The quantitative estimate of drug-likeness (QED) is 0.359. The zero-order chi connectivity index (χ0) is 11.3. The number of hydrogen-bond donors (Lipinski definition) is 3. The van der Waals surface area contributed by atoms with E-state index in [1.807, 2.05) is 0 Å². The van der Waals surface area contributed by atoms with Crippen molar-refractivity contribution in [2.75, 3.05) is 19.6 Å². The second kappa shape index (κ2) is 6.08. The SMILES string of the molecule is CC1CCN(CCCCC(=N)N)CC1O. The summed E-state index contributed by atoms with van der Waals surface area (Å²) in [6, 6.07) is 0. The van der Waals surface area contributed by atoms with E-state index < -0.39 is 0 Å². The Labute approximate surface area is 92.0 Å². The first kappa shape index (κ1) is 12.5. The molecule has 4 nitrogen and oxygen atoms in total. The fraction of sp³-hybridized carbons (Fsp3) is 0.909. The molecule has 2 atom stereocenters. The molecule has 88 valence electrons. The number of nitrogens with two attached hydrogens (primary N) is 1. The van der Waals surface area contributed by atoms with E-state index in [1.165, 1.54) is 0 Å². The highest BCUT2D eigenvalue weighted by molar-refractivity contribution is 5.76. The summed E-state index contributed by atoms with van der Waals surface area (Å²) in [5.41, 5.74) is 5.28. The van der Waals surface area contributed by atoms with E-state index in [0.29, 0.717) is 12.3 Å². The van der Waals surface area contributed by atoms with Gasteiger partial charge in [0.15, 0.2) is 0 Å². The Kier molecular flexibility index (Phi) is 5.05. The smallest absolute Gasteiger partial charge is 0.0905 e. The van der Waals surface area contributed by atoms with Crippen LogP contribution in [0, 0.1) is 11.3 Å². The van der Waals surface area contributed by atoms with Crippen molar-refractivity contribution in [2.45, 2.75) is 38.7 Å². The number of rotatable bonds is 5. The number of nitrogens with zero attached hydrogens (tertiary/aromatic N) is 1. The van der Waals surface area contributed by atoms with Crippen LogP contribution < -0.4 is 5.73 Å². The van der Waals surface area contributed by atoms with Crippen molar-refractivity contribution in [3.05, 3.63) is 0 Å². The van der Waals surface area contributed by atoms with Crippen LogP contribution >= 0.6 is 0 Å². The Balaban J connectivity index is 2.09. The van der Waals surface area contributed by atoms with Crippen molar-refractivity contribution in [2.24, 2.45) is 11.7 Å². The second-order valence-corrected chi connectivity index (χ2v) is 4.62. The maximum atomic E-state index is 9.70. The summed E-state index contributed by atoms with van der Waals surface area (Å²) in [6.45, 7) is 5.04. The van der Waals surface area contributed by atoms with Crippen LogP contribution in [0.25, 0.3) is 0 Å². The molecule has 0 aromatic carbocycles. The molecule has 1 heterocycles. The topological polar surface area (TPSA) is 73.3 Å². The minimum atomic E-state index is -0.161. The van der Waals surface area contributed by atoms with Gasteiger partial charge in [0.25, 0.3) is 0 Å². The maximum Gasteiger partial charge on any atom is 0.0905 e. The minimum Gasteiger partial charge on any atom is -0.392 e. The Morgan fingerprint density at radius 2 is 2.27 bits per heavy atom. The van der Waals surface area contributed by atoms with Gasteiger partial charge in [0, 0.05) is 13.0 Å². The predicted octanol–water partition coefficient (Wildman–Crippen LogP) is 0.795. The lowest BCUT2D eigenvalue weighted by Crippen LogP contribution is -2.43. The second-order valence-electron chi connectivity index (χ2n) is 4.62. The van der Waals surface area contributed by atoms with Gasteiger partial charge < -0.3 is 15.7 Å². The summed E-state index contributed by atoms with van der Waals surface area (Å²) in [6.07, 6.45) is 3.69. The monoisotopic (exact) mass is 213 g/mol. The highest BCUT2D eigenvalue weighted by Crippen LogP contribution is 2.17. The van der Waals surface area contributed by atoms with Crippen molar-refractivity contribution in [3.8, 4) is 0 Å². The third kappa shape index (κ3) is 4.62. The van der Waals surface area contributed by atoms with E-state index in [1.54, 1.807) is 0 Å². The molecule has 15 heavy (non-hydrogen) atoms. The molecule has 0 aromatic rings. The molecule has 4 N–H and O–H groups in total. The van der Waals surface area contributed by atoms with Crippen molar-refractivity contribution < 1.29 is 5.11 Å². The van der Waals surface area contributed by atoms with Gasteiger partial charge in [0.05, 0.1) is 11.9 Å². The number of β-amino-alcohol motifs (C(OH)–C–C–N with tert-alkyl or cyclic N) is 1. The Hall–Kier alpha value is -0.610. The summed E-state index contributed by atoms with van der Waals surface area (Å²) < 4.78 is 0. The maximum absolute atomic E-state index is 9.70. The van der Waals surface area contributed by atoms with Gasteiger partial charge in [0.2, 0.25) is 0 Å². The molecular formula is C11H23N3O. The van der Waals surface area contributed by atoms with Gasteiger partial charge in [-0.05, 0) is 38.3 Å². The van der Waals surface area contributed by atoms with Gasteiger partial charge in [-0.25, -0.2) is 0 Å². The molecule has 0 saturated carbocycles. The van der Waals surface area contributed by atoms with E-state index in [2.05, 4.69) is 11.8 Å². The first-order valence-electron chi connectivity index (χ1n) is 5.83. The van der Waals surface area contributed by atoms with Crippen molar-refractivity contribution >= 4 is 5.84 Å². The largest absolute Gasteiger partial charge is 0.392 e. The lowest BCUT2D eigenvalue weighted by atomic mass is 9.96. The molecule has 1 aliphatic heterocycles. The third-order valence-electron chi connectivity index (χ3n) is 3.17. The van der Waals surface area contributed by atoms with Crippen LogP contribution in [0.5, 0.6) is 0 Å². The summed E-state index contributed by atoms with van der Waals surface area (Å²) in [4.78, 5) is 2.31. The van der Waals surface area contributed by atoms with Gasteiger partial charge in [-0.3, -0.25) is 5.41 Å². The average molecular weight is 213 g/mol. The standard InChI is InChI=1S/C11H23N3O/c1-9-5-7-14(8-10(9)15)6-3-2-4-11(12)13/h9-10,15H,2-8H2,1H3,(H3,12,13). The number of aliphatic hydroxyl groups excluding tert-OH is 1. The molecule has 0 aliphatic carbocycles. The number of nitrogens with one attached hydrogen (secondary N) is 1. The van der Waals surface area contributed by atoms with Crippen molar-refractivity contribution in [1.82, 2.24) is 4.90 Å². The molecule has 2 unspecified atom stereocenters. The van der Waals surface area contributed by atoms with Crippen LogP contribution in [-0.4, -0.2) is 41.6 Å². The number of unbranched alkanes of at least 4 members (excludes halogenated alkanes) is 1. The van der Waals surface area contributed by atoms with Gasteiger partial charge in [-0.1, -0.05) is 6.92 Å². The van der Waals surface area contributed by atoms with Crippen molar-refractivity contribution in [1.29, 1.82) is 5.41 Å². The summed E-state index contributed by atoms with van der Waals surface area (Å²) in [5.74, 6) is 0.723. The van der Waals surface area contributed by atoms with Crippen LogP contribution in [0.1, 0.15) is 32.6 Å². The zero-order valence-corrected chi connectivity index (χ0v) is 9.58. The van der Waals surface area contributed by atoms with Crippen molar-refractivity contribution in [3.63, 3.8) is 0 Å². The van der Waals surface area contributed by atoms with E-state index in [4.69, 9.17) is 11.1 Å². The fourth-order valence-corrected chi connectivity index (χ4v) is 1.97. The van der Waals surface area contributed by atoms with E-state index >= 15 is 0 Å². The molecule has 1 saturated heterocycles. The molecule has 0 amide bonds. The highest BCUT2D eigenvalue weighted by atomic mass is 16.3. The van der Waals surface area contributed by atoms with Gasteiger partial charge in [-0.2, -0.15) is 0 Å². The third-order valence-corrected chi connectivity index (χ3v) is 3.17. The minimum absolute atomic E-state index is 0.161. The summed E-state index contributed by atoms with van der Waals surface area (Å²) >= 11 is 0.